The van der Waals surface area contributed by atoms with E-state index in [1.54, 1.807) is 48.5 Å². The molecule has 2 aromatic heterocycles. The number of fused-ring (bicyclic) bond motifs is 1. The van der Waals surface area contributed by atoms with Crippen LogP contribution < -0.4 is 10.1 Å². The summed E-state index contributed by atoms with van der Waals surface area (Å²) < 4.78 is 41.7. The lowest BCUT2D eigenvalue weighted by Gasteiger charge is -2.12. The highest BCUT2D eigenvalue weighted by atomic mass is 19.4. The first-order valence-electron chi connectivity index (χ1n) is 8.74. The van der Waals surface area contributed by atoms with Crippen LogP contribution in [0.25, 0.3) is 22.0 Å². The van der Waals surface area contributed by atoms with Gasteiger partial charge in [0.1, 0.15) is 11.4 Å². The summed E-state index contributed by atoms with van der Waals surface area (Å²) in [6.07, 6.45) is -3.31. The topological polar surface area (TPSA) is 77.0 Å². The highest BCUT2D eigenvalue weighted by Gasteiger charge is 2.31. The molecule has 1 N–H and O–H groups in total. The highest BCUT2D eigenvalue weighted by Crippen LogP contribution is 2.31. The molecule has 2 heterocycles. The monoisotopic (exact) mass is 410 g/mol. The summed E-state index contributed by atoms with van der Waals surface area (Å²) in [4.78, 5) is 17.0. The lowest BCUT2D eigenvalue weighted by molar-refractivity contribution is -0.274. The summed E-state index contributed by atoms with van der Waals surface area (Å²) in [7, 11) is 0. The van der Waals surface area contributed by atoms with Crippen molar-refractivity contribution in [3.63, 3.8) is 0 Å². The van der Waals surface area contributed by atoms with Crippen molar-refractivity contribution in [2.24, 2.45) is 0 Å². The molecule has 0 radical (unpaired) electrons. The molecular weight excluding hydrogens is 397 g/mol. The van der Waals surface area contributed by atoms with E-state index in [-0.39, 0.29) is 17.3 Å². The molecule has 0 saturated carbocycles. The zero-order valence-corrected chi connectivity index (χ0v) is 15.2. The number of nitrogens with zero attached hydrogens (tertiary/aromatic N) is 3. The van der Waals surface area contributed by atoms with Gasteiger partial charge in [-0.05, 0) is 35.9 Å². The number of rotatable bonds is 4. The Morgan fingerprint density at radius 1 is 0.967 bits per heavy atom. The Labute approximate surface area is 168 Å². The third-order valence-electron chi connectivity index (χ3n) is 4.15. The van der Waals surface area contributed by atoms with Crippen LogP contribution in [-0.4, -0.2) is 27.5 Å². The average Bonchev–Trinajstić information content (AvgIpc) is 2.72. The standard InChI is InChI=1S/C21H13F3N4O2/c22-21(23,24)30-15-6-1-5-14(12-15)16-7-2-4-13-9-10-17(26-19(13)16)20(29)27-18-8-3-11-25-28-18/h1-12H,(H,27,28,29). The largest absolute Gasteiger partial charge is 0.573 e. The smallest absolute Gasteiger partial charge is 0.406 e. The molecule has 0 saturated heterocycles. The van der Waals surface area contributed by atoms with Gasteiger partial charge in [-0.2, -0.15) is 5.10 Å². The molecule has 2 aromatic carbocycles. The first kappa shape index (κ1) is 19.3. The third-order valence-corrected chi connectivity index (χ3v) is 4.15. The molecule has 150 valence electrons. The van der Waals surface area contributed by atoms with Crippen molar-refractivity contribution in [2.45, 2.75) is 6.36 Å². The van der Waals surface area contributed by atoms with Crippen molar-refractivity contribution in [1.29, 1.82) is 0 Å². The van der Waals surface area contributed by atoms with E-state index < -0.39 is 12.3 Å². The van der Waals surface area contributed by atoms with Crippen LogP contribution in [0.4, 0.5) is 19.0 Å². The van der Waals surface area contributed by atoms with Crippen LogP contribution in [0.2, 0.25) is 0 Å². The Balaban J connectivity index is 1.72. The molecule has 1 amide bonds. The number of amides is 1. The fourth-order valence-electron chi connectivity index (χ4n) is 2.92. The first-order chi connectivity index (χ1) is 14.4. The van der Waals surface area contributed by atoms with Crippen LogP contribution in [0.3, 0.4) is 0 Å². The van der Waals surface area contributed by atoms with Crippen molar-refractivity contribution in [1.82, 2.24) is 15.2 Å². The second-order valence-corrected chi connectivity index (χ2v) is 6.21. The maximum atomic E-state index is 12.6. The van der Waals surface area contributed by atoms with Gasteiger partial charge in [0.05, 0.1) is 5.52 Å². The number of anilines is 1. The maximum absolute atomic E-state index is 12.6. The molecule has 0 atom stereocenters. The van der Waals surface area contributed by atoms with Crippen LogP contribution in [0.15, 0.2) is 72.9 Å². The van der Waals surface area contributed by atoms with E-state index in [1.807, 2.05) is 0 Å². The van der Waals surface area contributed by atoms with E-state index in [9.17, 15) is 18.0 Å². The Hall–Kier alpha value is -4.01. The van der Waals surface area contributed by atoms with Gasteiger partial charge in [-0.1, -0.05) is 36.4 Å². The summed E-state index contributed by atoms with van der Waals surface area (Å²) in [5, 5.41) is 10.8. The summed E-state index contributed by atoms with van der Waals surface area (Å²) in [6.45, 7) is 0. The van der Waals surface area contributed by atoms with E-state index in [0.29, 0.717) is 16.6 Å². The van der Waals surface area contributed by atoms with Crippen molar-refractivity contribution in [3.05, 3.63) is 78.6 Å². The van der Waals surface area contributed by atoms with Crippen molar-refractivity contribution in [2.75, 3.05) is 5.32 Å². The highest BCUT2D eigenvalue weighted by molar-refractivity contribution is 6.04. The predicted octanol–water partition coefficient (Wildman–Crippen LogP) is 4.84. The van der Waals surface area contributed by atoms with Gasteiger partial charge in [0, 0.05) is 17.1 Å². The number of hydrogen-bond donors (Lipinski definition) is 1. The number of nitrogens with one attached hydrogen (secondary N) is 1. The van der Waals surface area contributed by atoms with Crippen LogP contribution >= 0.6 is 0 Å². The van der Waals surface area contributed by atoms with E-state index in [0.717, 1.165) is 5.39 Å². The summed E-state index contributed by atoms with van der Waals surface area (Å²) >= 11 is 0. The molecule has 9 heteroatoms. The molecule has 0 unspecified atom stereocenters. The van der Waals surface area contributed by atoms with E-state index in [4.69, 9.17) is 0 Å². The summed E-state index contributed by atoms with van der Waals surface area (Å²) in [6, 6.07) is 17.4. The summed E-state index contributed by atoms with van der Waals surface area (Å²) in [5.41, 5.74) is 1.63. The van der Waals surface area contributed by atoms with Gasteiger partial charge >= 0.3 is 6.36 Å². The molecule has 0 aliphatic heterocycles. The van der Waals surface area contributed by atoms with E-state index in [1.165, 1.54) is 24.4 Å². The molecule has 30 heavy (non-hydrogen) atoms. The Morgan fingerprint density at radius 3 is 2.57 bits per heavy atom. The quantitative estimate of drug-likeness (QED) is 0.521. The number of hydrogen-bond acceptors (Lipinski definition) is 5. The maximum Gasteiger partial charge on any atom is 0.573 e. The van der Waals surface area contributed by atoms with Crippen molar-refractivity contribution < 1.29 is 22.7 Å². The van der Waals surface area contributed by atoms with Gasteiger partial charge in [0.2, 0.25) is 0 Å². The van der Waals surface area contributed by atoms with Gasteiger partial charge in [-0.3, -0.25) is 4.79 Å². The van der Waals surface area contributed by atoms with Gasteiger partial charge in [-0.25, -0.2) is 4.98 Å². The zero-order chi connectivity index (χ0) is 21.1. The number of halogens is 3. The second-order valence-electron chi connectivity index (χ2n) is 6.21. The average molecular weight is 410 g/mol. The van der Waals surface area contributed by atoms with Gasteiger partial charge in [-0.15, -0.1) is 18.3 Å². The molecular formula is C21H13F3N4O2. The number of carbonyl (C=O) groups excluding carboxylic acids is 1. The molecule has 0 spiro atoms. The number of aromatic nitrogens is 3. The SMILES string of the molecule is O=C(Nc1cccnn1)c1ccc2cccc(-c3cccc(OC(F)(F)F)c3)c2n1. The number of alkyl halides is 3. The fraction of sp³-hybridized carbons (Fsp3) is 0.0476. The van der Waals surface area contributed by atoms with Crippen LogP contribution in [-0.2, 0) is 0 Å². The predicted molar refractivity (Wildman–Crippen MR) is 104 cm³/mol. The van der Waals surface area contributed by atoms with Gasteiger partial charge in [0.15, 0.2) is 5.82 Å². The Bertz CT molecular complexity index is 1210. The molecule has 6 nitrogen and oxygen atoms in total. The van der Waals surface area contributed by atoms with Crippen molar-refractivity contribution >= 4 is 22.6 Å². The van der Waals surface area contributed by atoms with Crippen molar-refractivity contribution in [3.8, 4) is 16.9 Å². The number of benzene rings is 2. The van der Waals surface area contributed by atoms with Gasteiger partial charge < -0.3 is 10.1 Å². The summed E-state index contributed by atoms with van der Waals surface area (Å²) in [5.74, 6) is -0.551. The Kier molecular flexibility index (Phi) is 5.01. The minimum atomic E-state index is -4.79. The van der Waals surface area contributed by atoms with Crippen LogP contribution in [0.5, 0.6) is 5.75 Å². The number of carbonyl (C=O) groups is 1. The minimum absolute atomic E-state index is 0.128. The Morgan fingerprint density at radius 2 is 1.80 bits per heavy atom. The second kappa shape index (κ2) is 7.78. The third kappa shape index (κ3) is 4.35. The molecule has 0 bridgehead atoms. The lowest BCUT2D eigenvalue weighted by Crippen LogP contribution is -2.17. The van der Waals surface area contributed by atoms with Gasteiger partial charge in [0.25, 0.3) is 5.91 Å². The minimum Gasteiger partial charge on any atom is -0.406 e. The number of para-hydroxylation sites is 1. The van der Waals surface area contributed by atoms with E-state index in [2.05, 4.69) is 25.2 Å². The molecule has 0 aliphatic rings. The van der Waals surface area contributed by atoms with Crippen LogP contribution in [0, 0.1) is 0 Å². The molecule has 4 rings (SSSR count). The molecule has 4 aromatic rings. The van der Waals surface area contributed by atoms with E-state index >= 15 is 0 Å². The number of ether oxygens (including phenoxy) is 1. The molecule has 0 fully saturated rings. The van der Waals surface area contributed by atoms with Crippen LogP contribution in [0.1, 0.15) is 10.5 Å². The normalized spacial score (nSPS) is 11.3. The lowest BCUT2D eigenvalue weighted by atomic mass is 10.0. The zero-order valence-electron chi connectivity index (χ0n) is 15.2. The first-order valence-corrected chi connectivity index (χ1v) is 8.74. The number of pyridine rings is 1. The molecule has 0 aliphatic carbocycles. The fourth-order valence-corrected chi connectivity index (χ4v) is 2.92.